The van der Waals surface area contributed by atoms with Crippen LogP contribution >= 0.6 is 11.8 Å². The molecular weight excluding hydrogens is 278 g/mol. The largest absolute Gasteiger partial charge is 0.356 e. The van der Waals surface area contributed by atoms with E-state index in [1.54, 1.807) is 0 Å². The summed E-state index contributed by atoms with van der Waals surface area (Å²) in [6, 6.07) is 15.0. The summed E-state index contributed by atoms with van der Waals surface area (Å²) in [5.74, 6) is 1.97. The zero-order valence-corrected chi connectivity index (χ0v) is 13.5. The predicted molar refractivity (Wildman–Crippen MR) is 95.4 cm³/mol. The van der Waals surface area contributed by atoms with Crippen molar-refractivity contribution in [3.05, 3.63) is 48.0 Å². The Labute approximate surface area is 131 Å². The number of aliphatic imine (C=N–C) groups is 1. The number of nitrogens with zero attached hydrogens (tertiary/aromatic N) is 1. The molecule has 2 aromatic carbocycles. The van der Waals surface area contributed by atoms with Gasteiger partial charge in [0.25, 0.3) is 0 Å². The SMILES string of the molecule is CN=C(NCCSC)NCCc1cccc2ccccc12. The van der Waals surface area contributed by atoms with E-state index in [1.807, 2.05) is 18.8 Å². The first-order valence-electron chi connectivity index (χ1n) is 7.25. The first-order chi connectivity index (χ1) is 10.3. The maximum absolute atomic E-state index is 4.24. The molecule has 0 saturated heterocycles. The third-order valence-electron chi connectivity index (χ3n) is 3.39. The molecule has 0 aromatic heterocycles. The van der Waals surface area contributed by atoms with Crippen LogP contribution in [0, 0.1) is 0 Å². The molecule has 0 aliphatic rings. The highest BCUT2D eigenvalue weighted by atomic mass is 32.2. The lowest BCUT2D eigenvalue weighted by Crippen LogP contribution is -2.39. The maximum Gasteiger partial charge on any atom is 0.191 e. The van der Waals surface area contributed by atoms with Gasteiger partial charge in [0.15, 0.2) is 5.96 Å². The van der Waals surface area contributed by atoms with E-state index >= 15 is 0 Å². The molecule has 0 saturated carbocycles. The van der Waals surface area contributed by atoms with Crippen molar-refractivity contribution in [1.29, 1.82) is 0 Å². The van der Waals surface area contributed by atoms with Gasteiger partial charge < -0.3 is 10.6 Å². The molecular formula is C17H23N3S. The van der Waals surface area contributed by atoms with E-state index in [0.717, 1.165) is 31.2 Å². The van der Waals surface area contributed by atoms with Crippen molar-refractivity contribution in [2.45, 2.75) is 6.42 Å². The molecule has 2 N–H and O–H groups in total. The van der Waals surface area contributed by atoms with Gasteiger partial charge in [-0.2, -0.15) is 11.8 Å². The zero-order chi connectivity index (χ0) is 14.9. The number of hydrogen-bond donors (Lipinski definition) is 2. The van der Waals surface area contributed by atoms with Gasteiger partial charge in [-0.1, -0.05) is 42.5 Å². The Morgan fingerprint density at radius 3 is 2.62 bits per heavy atom. The van der Waals surface area contributed by atoms with Crippen molar-refractivity contribution in [2.24, 2.45) is 4.99 Å². The van der Waals surface area contributed by atoms with Crippen molar-refractivity contribution < 1.29 is 0 Å². The first-order valence-corrected chi connectivity index (χ1v) is 8.64. The van der Waals surface area contributed by atoms with E-state index < -0.39 is 0 Å². The van der Waals surface area contributed by atoms with E-state index in [1.165, 1.54) is 16.3 Å². The van der Waals surface area contributed by atoms with Crippen LogP contribution in [0.1, 0.15) is 5.56 Å². The number of thioether (sulfide) groups is 1. The fourth-order valence-corrected chi connectivity index (χ4v) is 2.62. The number of nitrogens with one attached hydrogen (secondary N) is 2. The second kappa shape index (κ2) is 8.57. The topological polar surface area (TPSA) is 36.4 Å². The van der Waals surface area contributed by atoms with Crippen molar-refractivity contribution in [1.82, 2.24) is 10.6 Å². The third-order valence-corrected chi connectivity index (χ3v) is 4.00. The normalized spacial score (nSPS) is 11.6. The van der Waals surface area contributed by atoms with Crippen molar-refractivity contribution >= 4 is 28.5 Å². The summed E-state index contributed by atoms with van der Waals surface area (Å²) in [6.45, 7) is 1.82. The molecule has 0 spiro atoms. The monoisotopic (exact) mass is 301 g/mol. The molecule has 0 bridgehead atoms. The molecule has 112 valence electrons. The molecule has 0 aliphatic heterocycles. The molecule has 0 atom stereocenters. The highest BCUT2D eigenvalue weighted by molar-refractivity contribution is 7.98. The highest BCUT2D eigenvalue weighted by Gasteiger charge is 2.01. The summed E-state index contributed by atoms with van der Waals surface area (Å²) in [5, 5.41) is 9.33. The minimum absolute atomic E-state index is 0.879. The van der Waals surface area contributed by atoms with Crippen molar-refractivity contribution in [3.63, 3.8) is 0 Å². The van der Waals surface area contributed by atoms with Crippen LogP contribution in [0.5, 0.6) is 0 Å². The van der Waals surface area contributed by atoms with Crippen LogP contribution in [0.3, 0.4) is 0 Å². The number of benzene rings is 2. The lowest BCUT2D eigenvalue weighted by molar-refractivity contribution is 0.815. The Balaban J connectivity index is 1.90. The average Bonchev–Trinajstić information content (AvgIpc) is 2.53. The molecule has 21 heavy (non-hydrogen) atoms. The minimum Gasteiger partial charge on any atom is -0.356 e. The van der Waals surface area contributed by atoms with E-state index in [0.29, 0.717) is 0 Å². The Morgan fingerprint density at radius 2 is 1.81 bits per heavy atom. The van der Waals surface area contributed by atoms with Crippen LogP contribution < -0.4 is 10.6 Å². The Kier molecular flexibility index (Phi) is 6.41. The second-order valence-electron chi connectivity index (χ2n) is 4.81. The standard InChI is InChI=1S/C17H23N3S/c1-18-17(20-12-13-21-2)19-11-10-15-8-5-7-14-6-3-4-9-16(14)15/h3-9H,10-13H2,1-2H3,(H2,18,19,20). The van der Waals surface area contributed by atoms with Gasteiger partial charge in [-0.3, -0.25) is 4.99 Å². The summed E-state index contributed by atoms with van der Waals surface area (Å²) in [4.78, 5) is 4.24. The fourth-order valence-electron chi connectivity index (χ4n) is 2.32. The van der Waals surface area contributed by atoms with E-state index in [2.05, 4.69) is 64.3 Å². The summed E-state index contributed by atoms with van der Waals surface area (Å²) >= 11 is 1.83. The van der Waals surface area contributed by atoms with E-state index in [9.17, 15) is 0 Å². The van der Waals surface area contributed by atoms with Crippen LogP contribution in [0.25, 0.3) is 10.8 Å². The zero-order valence-electron chi connectivity index (χ0n) is 12.7. The lowest BCUT2D eigenvalue weighted by atomic mass is 10.0. The second-order valence-corrected chi connectivity index (χ2v) is 5.79. The molecule has 3 nitrogen and oxygen atoms in total. The summed E-state index contributed by atoms with van der Waals surface area (Å²) in [5.41, 5.74) is 1.38. The average molecular weight is 301 g/mol. The molecule has 0 unspecified atom stereocenters. The van der Waals surface area contributed by atoms with Crippen molar-refractivity contribution in [2.75, 3.05) is 32.1 Å². The smallest absolute Gasteiger partial charge is 0.191 e. The molecule has 0 radical (unpaired) electrons. The van der Waals surface area contributed by atoms with Gasteiger partial charge in [-0.05, 0) is 29.0 Å². The molecule has 0 heterocycles. The predicted octanol–water partition coefficient (Wildman–Crippen LogP) is 2.91. The van der Waals surface area contributed by atoms with Gasteiger partial charge in [-0.25, -0.2) is 0 Å². The fraction of sp³-hybridized carbons (Fsp3) is 0.353. The lowest BCUT2D eigenvalue weighted by Gasteiger charge is -2.12. The number of guanidine groups is 1. The Bertz CT molecular complexity index is 590. The summed E-state index contributed by atoms with van der Waals surface area (Å²) in [7, 11) is 1.81. The first kappa shape index (κ1) is 15.7. The third kappa shape index (κ3) is 4.67. The molecule has 4 heteroatoms. The van der Waals surface area contributed by atoms with Gasteiger partial charge in [0.05, 0.1) is 0 Å². The molecule has 0 amide bonds. The molecule has 2 aromatic rings. The minimum atomic E-state index is 0.879. The molecule has 2 rings (SSSR count). The van der Waals surface area contributed by atoms with Gasteiger partial charge in [-0.15, -0.1) is 0 Å². The van der Waals surface area contributed by atoms with E-state index in [-0.39, 0.29) is 0 Å². The van der Waals surface area contributed by atoms with Crippen LogP contribution in [-0.4, -0.2) is 38.1 Å². The number of hydrogen-bond acceptors (Lipinski definition) is 2. The van der Waals surface area contributed by atoms with Gasteiger partial charge in [0, 0.05) is 25.9 Å². The Morgan fingerprint density at radius 1 is 1.05 bits per heavy atom. The number of rotatable bonds is 6. The van der Waals surface area contributed by atoms with Crippen LogP contribution in [0.4, 0.5) is 0 Å². The molecule has 0 aliphatic carbocycles. The quantitative estimate of drug-likeness (QED) is 0.489. The van der Waals surface area contributed by atoms with Crippen LogP contribution in [-0.2, 0) is 6.42 Å². The van der Waals surface area contributed by atoms with Gasteiger partial charge in [0.1, 0.15) is 0 Å². The maximum atomic E-state index is 4.24. The van der Waals surface area contributed by atoms with Crippen LogP contribution in [0.2, 0.25) is 0 Å². The van der Waals surface area contributed by atoms with Crippen LogP contribution in [0.15, 0.2) is 47.5 Å². The van der Waals surface area contributed by atoms with Crippen molar-refractivity contribution in [3.8, 4) is 0 Å². The van der Waals surface area contributed by atoms with Gasteiger partial charge >= 0.3 is 0 Å². The number of fused-ring (bicyclic) bond motifs is 1. The Hall–Kier alpha value is -1.68. The summed E-state index contributed by atoms with van der Waals surface area (Å²) < 4.78 is 0. The summed E-state index contributed by atoms with van der Waals surface area (Å²) in [6.07, 6.45) is 3.10. The van der Waals surface area contributed by atoms with E-state index in [4.69, 9.17) is 0 Å². The van der Waals surface area contributed by atoms with Gasteiger partial charge in [0.2, 0.25) is 0 Å². The highest BCUT2D eigenvalue weighted by Crippen LogP contribution is 2.18. The molecule has 0 fully saturated rings.